The number of nitrogens with one attached hydrogen (secondary N) is 2. The highest BCUT2D eigenvalue weighted by Gasteiger charge is 2.14. The minimum absolute atomic E-state index is 0.0373. The smallest absolute Gasteiger partial charge is 0.252 e. The first-order chi connectivity index (χ1) is 11.1. The van der Waals surface area contributed by atoms with E-state index in [1.165, 1.54) is 0 Å². The van der Waals surface area contributed by atoms with Gasteiger partial charge in [-0.2, -0.15) is 0 Å². The lowest BCUT2D eigenvalue weighted by atomic mass is 10.2. The van der Waals surface area contributed by atoms with Crippen LogP contribution in [0.5, 0.6) is 0 Å². The van der Waals surface area contributed by atoms with Crippen molar-refractivity contribution >= 4 is 17.7 Å². The summed E-state index contributed by atoms with van der Waals surface area (Å²) in [6.45, 7) is 8.19. The molecule has 1 aromatic carbocycles. The van der Waals surface area contributed by atoms with Gasteiger partial charge in [0.2, 0.25) is 0 Å². The second kappa shape index (κ2) is 8.74. The summed E-state index contributed by atoms with van der Waals surface area (Å²) < 4.78 is 5.19. The van der Waals surface area contributed by atoms with Crippen LogP contribution in [-0.2, 0) is 5.75 Å². The molecule has 0 bridgehead atoms. The van der Waals surface area contributed by atoms with E-state index in [1.807, 2.05) is 45.0 Å². The van der Waals surface area contributed by atoms with Crippen LogP contribution in [0.3, 0.4) is 0 Å². The maximum Gasteiger partial charge on any atom is 0.252 e. The highest BCUT2D eigenvalue weighted by Crippen LogP contribution is 2.28. The molecule has 0 saturated carbocycles. The Balaban J connectivity index is 2.01. The Kier molecular flexibility index (Phi) is 6.67. The number of benzene rings is 1. The normalized spacial score (nSPS) is 10.7. The predicted octanol–water partition coefficient (Wildman–Crippen LogP) is 2.92. The van der Waals surface area contributed by atoms with Gasteiger partial charge in [-0.05, 0) is 32.5 Å². The van der Waals surface area contributed by atoms with Crippen LogP contribution >= 0.6 is 11.8 Å². The monoisotopic (exact) mass is 333 g/mol. The molecule has 5 nitrogen and oxygen atoms in total. The maximum absolute atomic E-state index is 12.3. The van der Waals surface area contributed by atoms with Gasteiger partial charge in [0.15, 0.2) is 0 Å². The van der Waals surface area contributed by atoms with Crippen LogP contribution in [0.1, 0.15) is 34.3 Å². The van der Waals surface area contributed by atoms with Crippen LogP contribution in [0.25, 0.3) is 0 Å². The SMILES string of the molecule is CCNCCNC(=O)c1ccccc1SCc1c(C)noc1C. The Morgan fingerprint density at radius 2 is 2.04 bits per heavy atom. The lowest BCUT2D eigenvalue weighted by Crippen LogP contribution is -2.31. The average molecular weight is 333 g/mol. The van der Waals surface area contributed by atoms with Gasteiger partial charge in [0.05, 0.1) is 11.3 Å². The summed E-state index contributed by atoms with van der Waals surface area (Å²) in [5, 5.41) is 10.1. The summed E-state index contributed by atoms with van der Waals surface area (Å²) in [5.41, 5.74) is 2.71. The lowest BCUT2D eigenvalue weighted by molar-refractivity contribution is 0.0951. The number of carbonyl (C=O) groups is 1. The fourth-order valence-electron chi connectivity index (χ4n) is 2.17. The van der Waals surface area contributed by atoms with Gasteiger partial charge in [0.25, 0.3) is 5.91 Å². The van der Waals surface area contributed by atoms with Crippen molar-refractivity contribution in [3.8, 4) is 0 Å². The molecule has 0 unspecified atom stereocenters. The van der Waals surface area contributed by atoms with Crippen LogP contribution in [0.4, 0.5) is 0 Å². The third-order valence-corrected chi connectivity index (χ3v) is 4.62. The van der Waals surface area contributed by atoms with E-state index in [0.29, 0.717) is 12.1 Å². The first-order valence-electron chi connectivity index (χ1n) is 7.76. The number of thioether (sulfide) groups is 1. The van der Waals surface area contributed by atoms with E-state index in [4.69, 9.17) is 4.52 Å². The summed E-state index contributed by atoms with van der Waals surface area (Å²) in [5.74, 6) is 1.54. The first kappa shape index (κ1) is 17.6. The van der Waals surface area contributed by atoms with Crippen LogP contribution < -0.4 is 10.6 Å². The molecular weight excluding hydrogens is 310 g/mol. The molecule has 1 aromatic heterocycles. The summed E-state index contributed by atoms with van der Waals surface area (Å²) in [4.78, 5) is 13.3. The molecule has 1 heterocycles. The van der Waals surface area contributed by atoms with Gasteiger partial charge in [-0.1, -0.05) is 24.2 Å². The summed E-state index contributed by atoms with van der Waals surface area (Å²) >= 11 is 1.63. The maximum atomic E-state index is 12.3. The molecule has 0 atom stereocenters. The molecule has 0 aliphatic heterocycles. The highest BCUT2D eigenvalue weighted by atomic mass is 32.2. The van der Waals surface area contributed by atoms with Crippen molar-refractivity contribution in [1.82, 2.24) is 15.8 Å². The summed E-state index contributed by atoms with van der Waals surface area (Å²) in [6, 6.07) is 7.67. The molecule has 0 fully saturated rings. The van der Waals surface area contributed by atoms with Crippen molar-refractivity contribution < 1.29 is 9.32 Å². The minimum atomic E-state index is -0.0373. The van der Waals surface area contributed by atoms with Crippen molar-refractivity contribution in [2.75, 3.05) is 19.6 Å². The van der Waals surface area contributed by atoms with Gasteiger partial charge in [-0.15, -0.1) is 11.8 Å². The van der Waals surface area contributed by atoms with E-state index < -0.39 is 0 Å². The molecule has 2 rings (SSSR count). The molecular formula is C17H23N3O2S. The number of carbonyl (C=O) groups excluding carboxylic acids is 1. The van der Waals surface area contributed by atoms with E-state index in [2.05, 4.69) is 15.8 Å². The molecule has 0 saturated heterocycles. The van der Waals surface area contributed by atoms with Gasteiger partial charge in [0, 0.05) is 29.3 Å². The summed E-state index contributed by atoms with van der Waals surface area (Å²) in [6.07, 6.45) is 0. The number of aryl methyl sites for hydroxylation is 2. The average Bonchev–Trinajstić information content (AvgIpc) is 2.88. The summed E-state index contributed by atoms with van der Waals surface area (Å²) in [7, 11) is 0. The zero-order valence-corrected chi connectivity index (χ0v) is 14.6. The number of nitrogens with zero attached hydrogens (tertiary/aromatic N) is 1. The van der Waals surface area contributed by atoms with Gasteiger partial charge >= 0.3 is 0 Å². The fraction of sp³-hybridized carbons (Fsp3) is 0.412. The van der Waals surface area contributed by atoms with Crippen molar-refractivity contribution in [3.63, 3.8) is 0 Å². The number of aromatic nitrogens is 1. The molecule has 2 aromatic rings. The number of hydrogen-bond acceptors (Lipinski definition) is 5. The number of hydrogen-bond donors (Lipinski definition) is 2. The predicted molar refractivity (Wildman–Crippen MR) is 92.9 cm³/mol. The third kappa shape index (κ3) is 4.84. The Morgan fingerprint density at radius 1 is 1.26 bits per heavy atom. The standard InChI is InChI=1S/C17H23N3O2S/c1-4-18-9-10-19-17(21)14-7-5-6-8-16(14)23-11-15-12(2)20-22-13(15)3/h5-8,18H,4,9-11H2,1-3H3,(H,19,21). The van der Waals surface area contributed by atoms with Crippen molar-refractivity contribution in [3.05, 3.63) is 46.8 Å². The molecule has 0 radical (unpaired) electrons. The molecule has 6 heteroatoms. The number of rotatable bonds is 8. The zero-order valence-electron chi connectivity index (χ0n) is 13.8. The highest BCUT2D eigenvalue weighted by molar-refractivity contribution is 7.98. The Morgan fingerprint density at radius 3 is 2.74 bits per heavy atom. The van der Waals surface area contributed by atoms with E-state index in [0.717, 1.165) is 40.8 Å². The molecule has 0 aliphatic rings. The van der Waals surface area contributed by atoms with Crippen molar-refractivity contribution in [1.29, 1.82) is 0 Å². The van der Waals surface area contributed by atoms with Crippen LogP contribution in [0.15, 0.2) is 33.7 Å². The van der Waals surface area contributed by atoms with Crippen molar-refractivity contribution in [2.24, 2.45) is 0 Å². The molecule has 0 aliphatic carbocycles. The van der Waals surface area contributed by atoms with E-state index in [1.54, 1.807) is 11.8 Å². The third-order valence-electron chi connectivity index (χ3n) is 3.52. The number of amides is 1. The fourth-order valence-corrected chi connectivity index (χ4v) is 3.38. The molecule has 0 spiro atoms. The lowest BCUT2D eigenvalue weighted by Gasteiger charge is -2.10. The van der Waals surface area contributed by atoms with E-state index in [9.17, 15) is 4.79 Å². The van der Waals surface area contributed by atoms with Gasteiger partial charge in [0.1, 0.15) is 5.76 Å². The Bertz CT molecular complexity index is 636. The quantitative estimate of drug-likeness (QED) is 0.574. The van der Waals surface area contributed by atoms with Crippen molar-refractivity contribution in [2.45, 2.75) is 31.4 Å². The van der Waals surface area contributed by atoms with E-state index in [-0.39, 0.29) is 5.91 Å². The second-order valence-electron chi connectivity index (χ2n) is 5.20. The van der Waals surface area contributed by atoms with Crippen LogP contribution in [-0.4, -0.2) is 30.7 Å². The molecule has 124 valence electrons. The molecule has 23 heavy (non-hydrogen) atoms. The Labute approximate surface area is 141 Å². The second-order valence-corrected chi connectivity index (χ2v) is 6.21. The van der Waals surface area contributed by atoms with Gasteiger partial charge in [-0.25, -0.2) is 0 Å². The Hall–Kier alpha value is -1.79. The van der Waals surface area contributed by atoms with Gasteiger partial charge < -0.3 is 15.2 Å². The molecule has 2 N–H and O–H groups in total. The minimum Gasteiger partial charge on any atom is -0.361 e. The topological polar surface area (TPSA) is 67.2 Å². The zero-order chi connectivity index (χ0) is 16.7. The van der Waals surface area contributed by atoms with Crippen LogP contribution in [0.2, 0.25) is 0 Å². The number of likely N-dealkylation sites (N-methyl/N-ethyl adjacent to an activating group) is 1. The largest absolute Gasteiger partial charge is 0.361 e. The molecule has 1 amide bonds. The first-order valence-corrected chi connectivity index (χ1v) is 8.74. The van der Waals surface area contributed by atoms with Crippen LogP contribution in [0, 0.1) is 13.8 Å². The van der Waals surface area contributed by atoms with Gasteiger partial charge in [-0.3, -0.25) is 4.79 Å². The van der Waals surface area contributed by atoms with E-state index >= 15 is 0 Å².